The molecule has 0 aliphatic carbocycles. The van der Waals surface area contributed by atoms with E-state index in [4.69, 9.17) is 29.3 Å². The second-order valence-corrected chi connectivity index (χ2v) is 2.52. The normalized spacial score (nSPS) is 9.40. The summed E-state index contributed by atoms with van der Waals surface area (Å²) in [4.78, 5) is 3.78. The number of anilines is 2. The Morgan fingerprint density at radius 3 is 2.60 bits per heavy atom. The van der Waals surface area contributed by atoms with Gasteiger partial charge in [0.05, 0.1) is 11.9 Å². The zero-order chi connectivity index (χ0) is 7.56. The molecule has 1 heterocycles. The minimum absolute atomic E-state index is 0.492. The van der Waals surface area contributed by atoms with Crippen LogP contribution in [0.1, 0.15) is 0 Å². The largest absolute Gasteiger partial charge is 0.397 e. The van der Waals surface area contributed by atoms with Crippen LogP contribution in [0.4, 0.5) is 11.4 Å². The van der Waals surface area contributed by atoms with Crippen LogP contribution in [0.25, 0.3) is 0 Å². The molecule has 10 heavy (non-hydrogen) atoms. The lowest BCUT2D eigenvalue weighted by molar-refractivity contribution is 1.32. The molecule has 1 aromatic rings. The summed E-state index contributed by atoms with van der Waals surface area (Å²) in [6, 6.07) is 1.62. The molecular weight excluding hydrogens is 173 g/mol. The van der Waals surface area contributed by atoms with Crippen molar-refractivity contribution >= 4 is 34.9 Å². The van der Waals surface area contributed by atoms with Gasteiger partial charge in [-0.05, 0) is 6.07 Å². The third-order valence-electron chi connectivity index (χ3n) is 1.01. The van der Waals surface area contributed by atoms with E-state index in [-0.39, 0.29) is 0 Å². The van der Waals surface area contributed by atoms with Gasteiger partial charge in [0.1, 0.15) is 5.69 Å². The van der Waals surface area contributed by atoms with Gasteiger partial charge in [0.15, 0.2) is 0 Å². The van der Waals surface area contributed by atoms with Gasteiger partial charge >= 0.3 is 0 Å². The Labute approximate surface area is 68.6 Å². The number of nitrogens with two attached hydrogens (primary N) is 1. The molecule has 54 valence electrons. The standard InChI is InChI=1S/C5H5Cl2N3/c6-10(7)5-3-9-2-1-4(5)8/h1-3H,(H2,8,9). The van der Waals surface area contributed by atoms with Crippen LogP contribution in [0.3, 0.4) is 0 Å². The van der Waals surface area contributed by atoms with Crippen molar-refractivity contribution in [1.82, 2.24) is 4.98 Å². The fraction of sp³-hybridized carbons (Fsp3) is 0. The van der Waals surface area contributed by atoms with Crippen LogP contribution in [-0.4, -0.2) is 4.98 Å². The van der Waals surface area contributed by atoms with Crippen LogP contribution in [-0.2, 0) is 0 Å². The first-order valence-electron chi connectivity index (χ1n) is 2.53. The molecule has 0 aromatic carbocycles. The van der Waals surface area contributed by atoms with Crippen LogP contribution >= 0.6 is 23.6 Å². The first-order valence-corrected chi connectivity index (χ1v) is 3.20. The van der Waals surface area contributed by atoms with Gasteiger partial charge < -0.3 is 5.73 Å². The first-order chi connectivity index (χ1) is 4.72. The molecular formula is C5H5Cl2N3. The molecule has 2 N–H and O–H groups in total. The van der Waals surface area contributed by atoms with E-state index in [0.717, 1.165) is 3.94 Å². The smallest absolute Gasteiger partial charge is 0.112 e. The van der Waals surface area contributed by atoms with Crippen LogP contribution in [0.15, 0.2) is 18.5 Å². The number of halogens is 2. The minimum Gasteiger partial charge on any atom is -0.397 e. The molecule has 0 saturated carbocycles. The maximum absolute atomic E-state index is 5.47. The quantitative estimate of drug-likeness (QED) is 0.666. The molecule has 0 saturated heterocycles. The van der Waals surface area contributed by atoms with Gasteiger partial charge in [-0.2, -0.15) is 3.94 Å². The second kappa shape index (κ2) is 2.94. The van der Waals surface area contributed by atoms with E-state index in [0.29, 0.717) is 11.4 Å². The molecule has 0 unspecified atom stereocenters. The molecule has 0 radical (unpaired) electrons. The third-order valence-corrected chi connectivity index (χ3v) is 1.38. The predicted octanol–water partition coefficient (Wildman–Crippen LogP) is 1.78. The Kier molecular flexibility index (Phi) is 2.19. The van der Waals surface area contributed by atoms with Gasteiger partial charge in [-0.1, -0.05) is 0 Å². The average Bonchev–Trinajstić information content (AvgIpc) is 1.88. The van der Waals surface area contributed by atoms with Crippen LogP contribution < -0.4 is 9.67 Å². The van der Waals surface area contributed by atoms with Gasteiger partial charge in [0, 0.05) is 29.8 Å². The fourth-order valence-electron chi connectivity index (χ4n) is 0.538. The molecule has 5 heteroatoms. The van der Waals surface area contributed by atoms with E-state index in [9.17, 15) is 0 Å². The van der Waals surface area contributed by atoms with E-state index in [1.54, 1.807) is 12.3 Å². The highest BCUT2D eigenvalue weighted by molar-refractivity contribution is 6.49. The van der Waals surface area contributed by atoms with Gasteiger partial charge in [0.2, 0.25) is 0 Å². The van der Waals surface area contributed by atoms with Crippen molar-refractivity contribution in [1.29, 1.82) is 0 Å². The van der Waals surface area contributed by atoms with Crippen molar-refractivity contribution in [3.05, 3.63) is 18.5 Å². The van der Waals surface area contributed by atoms with Gasteiger partial charge in [-0.25, -0.2) is 0 Å². The van der Waals surface area contributed by atoms with Crippen molar-refractivity contribution < 1.29 is 0 Å². The summed E-state index contributed by atoms with van der Waals surface area (Å²) in [5.74, 6) is 0. The van der Waals surface area contributed by atoms with Crippen LogP contribution in [0.2, 0.25) is 0 Å². The topological polar surface area (TPSA) is 42.1 Å². The summed E-state index contributed by atoms with van der Waals surface area (Å²) in [5, 5.41) is 0. The van der Waals surface area contributed by atoms with Crippen molar-refractivity contribution in [3.8, 4) is 0 Å². The number of nitrogen functional groups attached to an aromatic ring is 1. The van der Waals surface area contributed by atoms with Gasteiger partial charge in [0.25, 0.3) is 0 Å². The fourth-order valence-corrected chi connectivity index (χ4v) is 0.821. The number of aromatic nitrogens is 1. The van der Waals surface area contributed by atoms with Crippen molar-refractivity contribution in [2.75, 3.05) is 9.67 Å². The lowest BCUT2D eigenvalue weighted by atomic mass is 10.4. The summed E-state index contributed by atoms with van der Waals surface area (Å²) in [5.41, 5.74) is 6.46. The van der Waals surface area contributed by atoms with E-state index >= 15 is 0 Å². The van der Waals surface area contributed by atoms with Crippen molar-refractivity contribution in [3.63, 3.8) is 0 Å². The summed E-state index contributed by atoms with van der Waals surface area (Å²) in [7, 11) is 0. The molecule has 1 aromatic heterocycles. The second-order valence-electron chi connectivity index (χ2n) is 1.67. The molecule has 0 atom stereocenters. The number of nitrogens with zero attached hydrogens (tertiary/aromatic N) is 2. The molecule has 0 fully saturated rings. The third kappa shape index (κ3) is 1.43. The highest BCUT2D eigenvalue weighted by Gasteiger charge is 2.02. The highest BCUT2D eigenvalue weighted by Crippen LogP contribution is 2.24. The Balaban J connectivity index is 3.03. The number of rotatable bonds is 1. The molecule has 3 nitrogen and oxygen atoms in total. The average molecular weight is 178 g/mol. The zero-order valence-electron chi connectivity index (χ0n) is 4.96. The predicted molar refractivity (Wildman–Crippen MR) is 42.8 cm³/mol. The number of hydrogen-bond acceptors (Lipinski definition) is 3. The van der Waals surface area contributed by atoms with Crippen LogP contribution in [0.5, 0.6) is 0 Å². The molecule has 0 amide bonds. The maximum atomic E-state index is 5.47. The maximum Gasteiger partial charge on any atom is 0.112 e. The zero-order valence-corrected chi connectivity index (χ0v) is 6.47. The summed E-state index contributed by atoms with van der Waals surface area (Å²) >= 11 is 10.8. The Bertz CT molecular complexity index is 226. The molecule has 0 aliphatic rings. The van der Waals surface area contributed by atoms with Crippen molar-refractivity contribution in [2.45, 2.75) is 0 Å². The number of pyridine rings is 1. The summed E-state index contributed by atoms with van der Waals surface area (Å²) < 4.78 is 0.877. The van der Waals surface area contributed by atoms with Gasteiger partial charge in [-0.15, -0.1) is 0 Å². The first kappa shape index (κ1) is 7.44. The van der Waals surface area contributed by atoms with E-state index < -0.39 is 0 Å². The molecule has 1 rings (SSSR count). The van der Waals surface area contributed by atoms with Crippen molar-refractivity contribution in [2.24, 2.45) is 0 Å². The Morgan fingerprint density at radius 2 is 2.20 bits per heavy atom. The lowest BCUT2D eigenvalue weighted by Gasteiger charge is -2.06. The highest BCUT2D eigenvalue weighted by atomic mass is 35.5. The Morgan fingerprint density at radius 1 is 1.50 bits per heavy atom. The molecule has 0 aliphatic heterocycles. The summed E-state index contributed by atoms with van der Waals surface area (Å²) in [6.45, 7) is 0. The summed E-state index contributed by atoms with van der Waals surface area (Å²) in [6.07, 6.45) is 3.05. The molecule has 0 spiro atoms. The monoisotopic (exact) mass is 177 g/mol. The number of hydrogen-bond donors (Lipinski definition) is 1. The minimum atomic E-state index is 0.492. The lowest BCUT2D eigenvalue weighted by Crippen LogP contribution is -1.97. The SMILES string of the molecule is Nc1ccncc1N(Cl)Cl. The Hall–Kier alpha value is -0.670. The van der Waals surface area contributed by atoms with Crippen LogP contribution in [0, 0.1) is 0 Å². The molecule has 0 bridgehead atoms. The van der Waals surface area contributed by atoms with E-state index in [1.165, 1.54) is 6.20 Å². The van der Waals surface area contributed by atoms with E-state index in [2.05, 4.69) is 4.98 Å². The van der Waals surface area contributed by atoms with E-state index in [1.807, 2.05) is 0 Å². The van der Waals surface area contributed by atoms with Gasteiger partial charge in [-0.3, -0.25) is 4.98 Å².